The molecule has 0 unspecified atom stereocenters. The molecule has 1 aliphatic rings. The molecule has 0 aliphatic carbocycles. The van der Waals surface area contributed by atoms with Gasteiger partial charge < -0.3 is 15.4 Å². The summed E-state index contributed by atoms with van der Waals surface area (Å²) in [5.41, 5.74) is 2.52. The second kappa shape index (κ2) is 6.36. The number of carbonyl (C=O) groups excluding carboxylic acids is 1. The van der Waals surface area contributed by atoms with Gasteiger partial charge in [-0.25, -0.2) is 4.79 Å². The van der Waals surface area contributed by atoms with Crippen molar-refractivity contribution in [2.45, 2.75) is 38.8 Å². The van der Waals surface area contributed by atoms with Crippen molar-refractivity contribution in [2.24, 2.45) is 0 Å². The highest BCUT2D eigenvalue weighted by atomic mass is 35.5. The Morgan fingerprint density at radius 3 is 2.62 bits per heavy atom. The summed E-state index contributed by atoms with van der Waals surface area (Å²) in [6, 6.07) is 12.7. The van der Waals surface area contributed by atoms with Gasteiger partial charge in [0.15, 0.2) is 0 Å². The van der Waals surface area contributed by atoms with Crippen molar-refractivity contribution < 1.29 is 9.53 Å². The fraction of sp³-hybridized carbons (Fsp3) is 0.316. The first-order valence-corrected chi connectivity index (χ1v) is 8.33. The first-order valence-electron chi connectivity index (χ1n) is 7.95. The van der Waals surface area contributed by atoms with Crippen molar-refractivity contribution in [3.8, 4) is 5.75 Å². The van der Waals surface area contributed by atoms with Gasteiger partial charge in [0.25, 0.3) is 0 Å². The monoisotopic (exact) mass is 344 g/mol. The van der Waals surface area contributed by atoms with E-state index in [-0.39, 0.29) is 17.7 Å². The topological polar surface area (TPSA) is 50.4 Å². The van der Waals surface area contributed by atoms with Gasteiger partial charge in [0.2, 0.25) is 0 Å². The van der Waals surface area contributed by atoms with Gasteiger partial charge in [-0.15, -0.1) is 0 Å². The summed E-state index contributed by atoms with van der Waals surface area (Å²) < 4.78 is 6.03. The van der Waals surface area contributed by atoms with Crippen molar-refractivity contribution in [1.82, 2.24) is 5.32 Å². The maximum Gasteiger partial charge on any atom is 0.319 e. The molecule has 0 saturated carbocycles. The second-order valence-corrected chi connectivity index (χ2v) is 7.20. The molecule has 0 spiro atoms. The fourth-order valence-corrected chi connectivity index (χ4v) is 3.09. The minimum atomic E-state index is -0.333. The molecular weight excluding hydrogens is 324 g/mol. The number of hydrogen-bond acceptors (Lipinski definition) is 2. The van der Waals surface area contributed by atoms with Crippen LogP contribution in [0.4, 0.5) is 10.5 Å². The fourth-order valence-electron chi connectivity index (χ4n) is 2.96. The van der Waals surface area contributed by atoms with E-state index in [2.05, 4.69) is 16.7 Å². The Kier molecular flexibility index (Phi) is 4.41. The SMILES string of the molecule is Cc1ccc2c(c1)[C@@H](NC(=O)Nc1ccc(Cl)cc1)CC(C)(C)O2. The number of amides is 2. The van der Waals surface area contributed by atoms with Gasteiger partial charge in [0.05, 0.1) is 6.04 Å². The predicted octanol–water partition coefficient (Wildman–Crippen LogP) is 5.07. The summed E-state index contributed by atoms with van der Waals surface area (Å²) in [5, 5.41) is 6.53. The number of anilines is 1. The zero-order valence-electron chi connectivity index (χ0n) is 14.0. The molecule has 2 aromatic carbocycles. The highest BCUT2D eigenvalue weighted by Crippen LogP contribution is 2.39. The molecule has 0 fully saturated rings. The molecule has 126 valence electrons. The molecule has 1 atom stereocenters. The number of carbonyl (C=O) groups is 1. The van der Waals surface area contributed by atoms with Crippen LogP contribution in [0.15, 0.2) is 42.5 Å². The lowest BCUT2D eigenvalue weighted by atomic mass is 9.89. The van der Waals surface area contributed by atoms with E-state index in [0.717, 1.165) is 16.9 Å². The molecule has 3 rings (SSSR count). The lowest BCUT2D eigenvalue weighted by Crippen LogP contribution is -2.42. The Balaban J connectivity index is 1.77. The minimum Gasteiger partial charge on any atom is -0.487 e. The Morgan fingerprint density at radius 2 is 1.92 bits per heavy atom. The summed E-state index contributed by atoms with van der Waals surface area (Å²) in [6.07, 6.45) is 0.706. The van der Waals surface area contributed by atoms with Crippen LogP contribution in [-0.2, 0) is 0 Å². The van der Waals surface area contributed by atoms with Crippen LogP contribution in [-0.4, -0.2) is 11.6 Å². The minimum absolute atomic E-state index is 0.101. The highest BCUT2D eigenvalue weighted by Gasteiger charge is 2.34. The number of ether oxygens (including phenoxy) is 1. The van der Waals surface area contributed by atoms with Crippen molar-refractivity contribution in [3.05, 3.63) is 58.6 Å². The average Bonchev–Trinajstić information content (AvgIpc) is 2.49. The first kappa shape index (κ1) is 16.7. The Morgan fingerprint density at radius 1 is 1.21 bits per heavy atom. The van der Waals surface area contributed by atoms with Gasteiger partial charge >= 0.3 is 6.03 Å². The van der Waals surface area contributed by atoms with Gasteiger partial charge in [0, 0.05) is 22.7 Å². The average molecular weight is 345 g/mol. The van der Waals surface area contributed by atoms with E-state index < -0.39 is 0 Å². The number of fused-ring (bicyclic) bond motifs is 1. The molecule has 4 nitrogen and oxygen atoms in total. The largest absolute Gasteiger partial charge is 0.487 e. The molecule has 2 aromatic rings. The molecule has 2 N–H and O–H groups in total. The Bertz CT molecular complexity index is 756. The van der Waals surface area contributed by atoms with Gasteiger partial charge in [-0.1, -0.05) is 29.3 Å². The van der Waals surface area contributed by atoms with E-state index >= 15 is 0 Å². The number of rotatable bonds is 2. The van der Waals surface area contributed by atoms with Crippen LogP contribution in [0, 0.1) is 6.92 Å². The molecule has 0 bridgehead atoms. The summed E-state index contributed by atoms with van der Waals surface area (Å²) in [6.45, 7) is 6.09. The van der Waals surface area contributed by atoms with Gasteiger partial charge in [-0.05, 0) is 51.1 Å². The predicted molar refractivity (Wildman–Crippen MR) is 96.9 cm³/mol. The van der Waals surface area contributed by atoms with E-state index in [1.165, 1.54) is 0 Å². The molecule has 2 amide bonds. The van der Waals surface area contributed by atoms with E-state index in [1.807, 2.05) is 32.9 Å². The lowest BCUT2D eigenvalue weighted by molar-refractivity contribution is 0.0682. The number of benzene rings is 2. The first-order chi connectivity index (χ1) is 11.3. The molecule has 1 heterocycles. The van der Waals surface area contributed by atoms with Crippen molar-refractivity contribution in [2.75, 3.05) is 5.32 Å². The Labute approximate surface area is 147 Å². The Hall–Kier alpha value is -2.20. The van der Waals surface area contributed by atoms with Crippen molar-refractivity contribution >= 4 is 23.3 Å². The summed E-state index contributed by atoms with van der Waals surface area (Å²) >= 11 is 5.86. The van der Waals surface area contributed by atoms with E-state index in [1.54, 1.807) is 24.3 Å². The third-order valence-corrected chi connectivity index (χ3v) is 4.28. The smallest absolute Gasteiger partial charge is 0.319 e. The van der Waals surface area contributed by atoms with Crippen molar-refractivity contribution in [1.29, 1.82) is 0 Å². The van der Waals surface area contributed by atoms with Gasteiger partial charge in [-0.2, -0.15) is 0 Å². The van der Waals surface area contributed by atoms with E-state index in [9.17, 15) is 4.79 Å². The van der Waals surface area contributed by atoms with E-state index in [0.29, 0.717) is 17.1 Å². The molecule has 24 heavy (non-hydrogen) atoms. The second-order valence-electron chi connectivity index (χ2n) is 6.77. The van der Waals surface area contributed by atoms with Gasteiger partial charge in [-0.3, -0.25) is 0 Å². The van der Waals surface area contributed by atoms with Crippen LogP contribution in [0.2, 0.25) is 5.02 Å². The van der Waals surface area contributed by atoms with Crippen LogP contribution >= 0.6 is 11.6 Å². The maximum atomic E-state index is 12.4. The maximum absolute atomic E-state index is 12.4. The third-order valence-electron chi connectivity index (χ3n) is 4.03. The molecule has 5 heteroatoms. The third kappa shape index (κ3) is 3.82. The summed E-state index contributed by atoms with van der Waals surface area (Å²) in [5.74, 6) is 0.827. The van der Waals surface area contributed by atoms with Crippen LogP contribution < -0.4 is 15.4 Å². The van der Waals surface area contributed by atoms with Crippen LogP contribution in [0.1, 0.15) is 37.4 Å². The molecular formula is C19H21ClN2O2. The highest BCUT2D eigenvalue weighted by molar-refractivity contribution is 6.30. The number of urea groups is 1. The molecule has 0 radical (unpaired) electrons. The van der Waals surface area contributed by atoms with Crippen LogP contribution in [0.5, 0.6) is 5.75 Å². The van der Waals surface area contributed by atoms with Crippen LogP contribution in [0.3, 0.4) is 0 Å². The summed E-state index contributed by atoms with van der Waals surface area (Å²) in [7, 11) is 0. The number of nitrogens with one attached hydrogen (secondary N) is 2. The van der Waals surface area contributed by atoms with Crippen molar-refractivity contribution in [3.63, 3.8) is 0 Å². The zero-order chi connectivity index (χ0) is 17.3. The summed E-state index contributed by atoms with van der Waals surface area (Å²) in [4.78, 5) is 12.4. The number of aryl methyl sites for hydroxylation is 1. The lowest BCUT2D eigenvalue weighted by Gasteiger charge is -2.38. The molecule has 0 aromatic heterocycles. The quantitative estimate of drug-likeness (QED) is 0.798. The van der Waals surface area contributed by atoms with Gasteiger partial charge in [0.1, 0.15) is 11.4 Å². The standard InChI is InChI=1S/C19H21ClN2O2/c1-12-4-9-17-15(10-12)16(11-19(2,3)24-17)22-18(23)21-14-7-5-13(20)6-8-14/h4-10,16H,11H2,1-3H3,(H2,21,22,23)/t16-/m0/s1. The molecule has 0 saturated heterocycles. The van der Waals surface area contributed by atoms with E-state index in [4.69, 9.17) is 16.3 Å². The molecule has 1 aliphatic heterocycles. The normalized spacial score (nSPS) is 18.2. The van der Waals surface area contributed by atoms with Crippen LogP contribution in [0.25, 0.3) is 0 Å². The number of hydrogen-bond donors (Lipinski definition) is 2. The number of halogens is 1. The zero-order valence-corrected chi connectivity index (χ0v) is 14.8.